The Labute approximate surface area is 117 Å². The van der Waals surface area contributed by atoms with E-state index in [2.05, 4.69) is 10.3 Å². The summed E-state index contributed by atoms with van der Waals surface area (Å²) in [5.41, 5.74) is 7.97. The van der Waals surface area contributed by atoms with Gasteiger partial charge in [0.25, 0.3) is 5.91 Å². The van der Waals surface area contributed by atoms with Gasteiger partial charge < -0.3 is 15.8 Å². The smallest absolute Gasteiger partial charge is 0.255 e. The second-order valence-electron chi connectivity index (χ2n) is 4.32. The summed E-state index contributed by atoms with van der Waals surface area (Å²) in [4.78, 5) is 15.9. The zero-order chi connectivity index (χ0) is 14.4. The van der Waals surface area contributed by atoms with E-state index in [4.69, 9.17) is 10.5 Å². The summed E-state index contributed by atoms with van der Waals surface area (Å²) in [6, 6.07) is 9.24. The monoisotopic (exact) mass is 271 g/mol. The van der Waals surface area contributed by atoms with Gasteiger partial charge in [-0.2, -0.15) is 0 Å². The highest BCUT2D eigenvalue weighted by Crippen LogP contribution is 2.15. The molecule has 5 nitrogen and oxygen atoms in total. The molecule has 5 heteroatoms. The van der Waals surface area contributed by atoms with E-state index >= 15 is 0 Å². The van der Waals surface area contributed by atoms with Crippen LogP contribution in [-0.4, -0.2) is 24.5 Å². The molecule has 1 aromatic heterocycles. The van der Waals surface area contributed by atoms with Crippen LogP contribution >= 0.6 is 0 Å². The molecule has 3 N–H and O–H groups in total. The fourth-order valence-corrected chi connectivity index (χ4v) is 1.83. The Hall–Kier alpha value is -2.56. The number of rotatable bonds is 5. The van der Waals surface area contributed by atoms with Crippen LogP contribution in [0.4, 0.5) is 5.69 Å². The predicted molar refractivity (Wildman–Crippen MR) is 77.7 cm³/mol. The highest BCUT2D eigenvalue weighted by molar-refractivity contribution is 5.96. The van der Waals surface area contributed by atoms with E-state index < -0.39 is 0 Å². The Balaban J connectivity index is 1.90. The lowest BCUT2D eigenvalue weighted by Crippen LogP contribution is -2.26. The van der Waals surface area contributed by atoms with E-state index in [9.17, 15) is 4.79 Å². The third-order valence-corrected chi connectivity index (χ3v) is 2.93. The van der Waals surface area contributed by atoms with E-state index in [0.717, 1.165) is 17.7 Å². The van der Waals surface area contributed by atoms with Gasteiger partial charge in [0, 0.05) is 18.4 Å². The minimum atomic E-state index is -0.167. The molecule has 0 unspecified atom stereocenters. The molecule has 0 aliphatic heterocycles. The average Bonchev–Trinajstić information content (AvgIpc) is 2.49. The molecule has 104 valence electrons. The number of methoxy groups -OCH3 is 1. The zero-order valence-electron chi connectivity index (χ0n) is 11.3. The van der Waals surface area contributed by atoms with E-state index in [0.29, 0.717) is 17.9 Å². The van der Waals surface area contributed by atoms with Gasteiger partial charge in [0.2, 0.25) is 0 Å². The highest BCUT2D eigenvalue weighted by Gasteiger charge is 2.10. The summed E-state index contributed by atoms with van der Waals surface area (Å²) in [5, 5.41) is 2.86. The predicted octanol–water partition coefficient (Wildman–Crippen LogP) is 1.64. The van der Waals surface area contributed by atoms with Crippen molar-refractivity contribution < 1.29 is 9.53 Å². The van der Waals surface area contributed by atoms with Crippen molar-refractivity contribution in [1.82, 2.24) is 10.3 Å². The van der Waals surface area contributed by atoms with E-state index in [1.165, 1.54) is 13.3 Å². The molecule has 1 aromatic carbocycles. The Kier molecular flexibility index (Phi) is 4.55. The van der Waals surface area contributed by atoms with Crippen LogP contribution in [-0.2, 0) is 6.42 Å². The van der Waals surface area contributed by atoms with Gasteiger partial charge in [-0.25, -0.2) is 0 Å². The van der Waals surface area contributed by atoms with Crippen molar-refractivity contribution >= 4 is 11.6 Å². The third kappa shape index (κ3) is 3.47. The number of carbonyl (C=O) groups excluding carboxylic acids is 1. The van der Waals surface area contributed by atoms with Gasteiger partial charge in [-0.1, -0.05) is 12.1 Å². The number of amides is 1. The number of nitrogens with two attached hydrogens (primary N) is 1. The summed E-state index contributed by atoms with van der Waals surface area (Å²) in [6.07, 6.45) is 3.84. The summed E-state index contributed by atoms with van der Waals surface area (Å²) in [5.74, 6) is 0.303. The number of nitrogens with zero attached hydrogens (tertiary/aromatic N) is 1. The number of carbonyl (C=O) groups is 1. The van der Waals surface area contributed by atoms with Crippen molar-refractivity contribution in [2.75, 3.05) is 19.4 Å². The first-order valence-corrected chi connectivity index (χ1v) is 6.31. The standard InChI is InChI=1S/C15H17N3O2/c1-20-14-10-17-8-7-13(14)15(19)18-9-6-11-2-4-12(16)5-3-11/h2-5,7-8,10H,6,9,16H2,1H3,(H,18,19). The molecule has 0 spiro atoms. The zero-order valence-corrected chi connectivity index (χ0v) is 11.3. The molecular formula is C15H17N3O2. The lowest BCUT2D eigenvalue weighted by molar-refractivity contribution is 0.0951. The summed E-state index contributed by atoms with van der Waals surface area (Å²) in [7, 11) is 1.52. The van der Waals surface area contributed by atoms with Gasteiger partial charge >= 0.3 is 0 Å². The summed E-state index contributed by atoms with van der Waals surface area (Å²) < 4.78 is 5.11. The molecule has 0 bridgehead atoms. The van der Waals surface area contributed by atoms with E-state index in [-0.39, 0.29) is 5.91 Å². The molecule has 0 saturated heterocycles. The van der Waals surface area contributed by atoms with Crippen LogP contribution in [0.1, 0.15) is 15.9 Å². The van der Waals surface area contributed by atoms with Gasteiger partial charge in [0.1, 0.15) is 5.75 Å². The van der Waals surface area contributed by atoms with Crippen molar-refractivity contribution in [3.05, 3.63) is 53.9 Å². The number of hydrogen-bond acceptors (Lipinski definition) is 4. The normalized spacial score (nSPS) is 10.1. The summed E-state index contributed by atoms with van der Waals surface area (Å²) >= 11 is 0. The number of aromatic nitrogens is 1. The molecule has 0 saturated carbocycles. The van der Waals surface area contributed by atoms with Crippen LogP contribution < -0.4 is 15.8 Å². The van der Waals surface area contributed by atoms with Crippen molar-refractivity contribution in [2.45, 2.75) is 6.42 Å². The van der Waals surface area contributed by atoms with Crippen molar-refractivity contribution in [3.8, 4) is 5.75 Å². The van der Waals surface area contributed by atoms with Gasteiger partial charge in [-0.3, -0.25) is 9.78 Å². The second kappa shape index (κ2) is 6.56. The Morgan fingerprint density at radius 3 is 2.75 bits per heavy atom. The maximum absolute atomic E-state index is 12.0. The van der Waals surface area contributed by atoms with Crippen molar-refractivity contribution in [2.24, 2.45) is 0 Å². The molecule has 1 heterocycles. The molecular weight excluding hydrogens is 254 g/mol. The van der Waals surface area contributed by atoms with Crippen molar-refractivity contribution in [1.29, 1.82) is 0 Å². The van der Waals surface area contributed by atoms with Crippen LogP contribution in [0, 0.1) is 0 Å². The first-order valence-electron chi connectivity index (χ1n) is 6.31. The SMILES string of the molecule is COc1cnccc1C(=O)NCCc1ccc(N)cc1. The van der Waals surface area contributed by atoms with E-state index in [1.807, 2.05) is 24.3 Å². The van der Waals surface area contributed by atoms with Gasteiger partial charge in [-0.15, -0.1) is 0 Å². The molecule has 2 aromatic rings. The lowest BCUT2D eigenvalue weighted by Gasteiger charge is -2.08. The number of ether oxygens (including phenoxy) is 1. The fourth-order valence-electron chi connectivity index (χ4n) is 1.83. The molecule has 0 fully saturated rings. The minimum absolute atomic E-state index is 0.167. The van der Waals surface area contributed by atoms with Crippen LogP contribution in [0.2, 0.25) is 0 Å². The molecule has 0 radical (unpaired) electrons. The molecule has 0 aliphatic carbocycles. The van der Waals surface area contributed by atoms with Crippen LogP contribution in [0.25, 0.3) is 0 Å². The Morgan fingerprint density at radius 2 is 2.05 bits per heavy atom. The number of hydrogen-bond donors (Lipinski definition) is 2. The average molecular weight is 271 g/mol. The molecule has 20 heavy (non-hydrogen) atoms. The number of pyridine rings is 1. The lowest BCUT2D eigenvalue weighted by atomic mass is 10.1. The first kappa shape index (κ1) is 13.9. The number of nitrogen functional groups attached to an aromatic ring is 1. The maximum atomic E-state index is 12.0. The van der Waals surface area contributed by atoms with Gasteiger partial charge in [0.05, 0.1) is 18.9 Å². The van der Waals surface area contributed by atoms with Crippen LogP contribution in [0.3, 0.4) is 0 Å². The topological polar surface area (TPSA) is 77.2 Å². The van der Waals surface area contributed by atoms with Gasteiger partial charge in [0.15, 0.2) is 0 Å². The largest absolute Gasteiger partial charge is 0.494 e. The summed E-state index contributed by atoms with van der Waals surface area (Å²) in [6.45, 7) is 0.550. The Bertz CT molecular complexity index is 582. The highest BCUT2D eigenvalue weighted by atomic mass is 16.5. The quantitative estimate of drug-likeness (QED) is 0.810. The number of nitrogens with one attached hydrogen (secondary N) is 1. The minimum Gasteiger partial charge on any atom is -0.494 e. The third-order valence-electron chi connectivity index (χ3n) is 2.93. The van der Waals surface area contributed by atoms with Crippen LogP contribution in [0.15, 0.2) is 42.7 Å². The molecule has 0 aliphatic rings. The molecule has 0 atom stereocenters. The van der Waals surface area contributed by atoms with Gasteiger partial charge in [-0.05, 0) is 30.2 Å². The maximum Gasteiger partial charge on any atom is 0.255 e. The first-order chi connectivity index (χ1) is 9.70. The molecule has 2 rings (SSSR count). The fraction of sp³-hybridized carbons (Fsp3) is 0.200. The number of anilines is 1. The van der Waals surface area contributed by atoms with Crippen molar-refractivity contribution in [3.63, 3.8) is 0 Å². The second-order valence-corrected chi connectivity index (χ2v) is 4.32. The Morgan fingerprint density at radius 1 is 1.30 bits per heavy atom. The molecule has 1 amide bonds. The number of benzene rings is 1. The van der Waals surface area contributed by atoms with Crippen LogP contribution in [0.5, 0.6) is 5.75 Å². The van der Waals surface area contributed by atoms with E-state index in [1.54, 1.807) is 12.3 Å².